The topological polar surface area (TPSA) is 66.4 Å². The van der Waals surface area contributed by atoms with Gasteiger partial charge in [-0.05, 0) is 25.7 Å². The summed E-state index contributed by atoms with van der Waals surface area (Å²) in [5.41, 5.74) is 0. The van der Waals surface area contributed by atoms with E-state index in [0.29, 0.717) is 6.61 Å². The Morgan fingerprint density at radius 2 is 1.42 bits per heavy atom. The normalized spacial score (nSPS) is 46.6. The highest BCUT2D eigenvalue weighted by molar-refractivity contribution is 5.03. The molecule has 4 atom stereocenters. The second-order valence-electron chi connectivity index (χ2n) is 8.14. The maximum atomic E-state index is 11.0. The summed E-state index contributed by atoms with van der Waals surface area (Å²) in [6.07, 6.45) is 8.95. The minimum Gasteiger partial charge on any atom is -0.385 e. The smallest absolute Gasteiger partial charge is 0.224 e. The lowest BCUT2D eigenvalue weighted by molar-refractivity contribution is -0.336. The van der Waals surface area contributed by atoms with E-state index in [1.165, 1.54) is 12.8 Å². The van der Waals surface area contributed by atoms with Gasteiger partial charge in [0.05, 0.1) is 6.61 Å². The van der Waals surface area contributed by atoms with E-state index in [-0.39, 0.29) is 18.8 Å². The van der Waals surface area contributed by atoms with Crippen LogP contribution in [0.1, 0.15) is 64.2 Å². The average molecular weight is 340 g/mol. The van der Waals surface area contributed by atoms with Gasteiger partial charge in [0.15, 0.2) is 11.6 Å². The maximum Gasteiger partial charge on any atom is 0.224 e. The largest absolute Gasteiger partial charge is 0.385 e. The fourth-order valence-electron chi connectivity index (χ4n) is 5.14. The highest BCUT2D eigenvalue weighted by atomic mass is 16.9. The van der Waals surface area contributed by atoms with Crippen molar-refractivity contribution < 1.29 is 28.8 Å². The molecule has 5 rings (SSSR count). The molecule has 6 heteroatoms. The van der Waals surface area contributed by atoms with Crippen LogP contribution in [0.15, 0.2) is 0 Å². The first-order chi connectivity index (χ1) is 11.6. The number of hydrogen-bond donors (Lipinski definition) is 1. The van der Waals surface area contributed by atoms with Crippen LogP contribution in [0.2, 0.25) is 0 Å². The van der Waals surface area contributed by atoms with Crippen molar-refractivity contribution in [3.8, 4) is 0 Å². The van der Waals surface area contributed by atoms with E-state index < -0.39 is 23.5 Å². The van der Waals surface area contributed by atoms with Gasteiger partial charge in [-0.3, -0.25) is 0 Å². The van der Waals surface area contributed by atoms with Crippen LogP contribution in [-0.2, 0) is 23.7 Å². The minimum absolute atomic E-state index is 0.213. The second kappa shape index (κ2) is 5.63. The molecule has 1 N–H and O–H groups in total. The Morgan fingerprint density at radius 3 is 2.12 bits per heavy atom. The highest BCUT2D eigenvalue weighted by Gasteiger charge is 2.64. The van der Waals surface area contributed by atoms with Crippen molar-refractivity contribution in [1.82, 2.24) is 0 Å². The summed E-state index contributed by atoms with van der Waals surface area (Å²) in [6.45, 7) is 0.663. The molecular formula is C18H28O6. The van der Waals surface area contributed by atoms with Crippen molar-refractivity contribution in [2.75, 3.05) is 13.2 Å². The molecule has 0 aromatic heterocycles. The van der Waals surface area contributed by atoms with Gasteiger partial charge in [0.2, 0.25) is 5.79 Å². The SMILES string of the molecule is O[C@@H]1[C@@H]2OC3(CCCCC3)O[C@@H]2CO[C@]12COC1(CCCCC1)O2. The number of rotatable bonds is 0. The molecule has 24 heavy (non-hydrogen) atoms. The van der Waals surface area contributed by atoms with E-state index in [2.05, 4.69) is 0 Å². The molecule has 5 fully saturated rings. The molecule has 5 aliphatic rings. The van der Waals surface area contributed by atoms with Crippen LogP contribution >= 0.6 is 0 Å². The molecular weight excluding hydrogens is 312 g/mol. The van der Waals surface area contributed by atoms with Crippen molar-refractivity contribution in [3.63, 3.8) is 0 Å². The number of fused-ring (bicyclic) bond motifs is 1. The monoisotopic (exact) mass is 340 g/mol. The summed E-state index contributed by atoms with van der Waals surface area (Å²) in [6, 6.07) is 0. The zero-order valence-electron chi connectivity index (χ0n) is 14.2. The summed E-state index contributed by atoms with van der Waals surface area (Å²) in [7, 11) is 0. The van der Waals surface area contributed by atoms with E-state index in [4.69, 9.17) is 23.7 Å². The fourth-order valence-corrected chi connectivity index (χ4v) is 5.14. The predicted molar refractivity (Wildman–Crippen MR) is 83.1 cm³/mol. The lowest BCUT2D eigenvalue weighted by Crippen LogP contribution is -2.62. The quantitative estimate of drug-likeness (QED) is 0.729. The van der Waals surface area contributed by atoms with Crippen LogP contribution in [0, 0.1) is 0 Å². The van der Waals surface area contributed by atoms with Crippen LogP contribution in [0.5, 0.6) is 0 Å². The summed E-state index contributed by atoms with van der Waals surface area (Å²) in [4.78, 5) is 0. The van der Waals surface area contributed by atoms with Crippen LogP contribution in [-0.4, -0.2) is 54.0 Å². The van der Waals surface area contributed by atoms with Gasteiger partial charge >= 0.3 is 0 Å². The highest BCUT2D eigenvalue weighted by Crippen LogP contribution is 2.50. The maximum absolute atomic E-state index is 11.0. The van der Waals surface area contributed by atoms with Gasteiger partial charge in [-0.2, -0.15) is 0 Å². The van der Waals surface area contributed by atoms with Gasteiger partial charge in [0.25, 0.3) is 0 Å². The summed E-state index contributed by atoms with van der Waals surface area (Å²) < 4.78 is 30.8. The Labute approximate surface area is 142 Å². The first-order valence-electron chi connectivity index (χ1n) is 9.66. The number of aliphatic hydroxyl groups is 1. The molecule has 3 aliphatic heterocycles. The van der Waals surface area contributed by atoms with E-state index >= 15 is 0 Å². The first-order valence-corrected chi connectivity index (χ1v) is 9.66. The molecule has 3 spiro atoms. The standard InChI is InChI=1S/C18H28O6/c19-15-14-13(22-17(23-14)9-5-2-6-10-17)11-20-18(15)12-21-16(24-18)7-3-1-4-8-16/h13-15,19H,1-12H2/t13-,14-,15-,18+/m1/s1. The predicted octanol–water partition coefficient (Wildman–Crippen LogP) is 2.23. The Bertz CT molecular complexity index is 472. The molecule has 0 amide bonds. The van der Waals surface area contributed by atoms with E-state index in [1.807, 2.05) is 0 Å². The third-order valence-electron chi connectivity index (χ3n) is 6.46. The van der Waals surface area contributed by atoms with Crippen LogP contribution in [0.3, 0.4) is 0 Å². The molecule has 6 nitrogen and oxygen atoms in total. The van der Waals surface area contributed by atoms with Crippen LogP contribution < -0.4 is 0 Å². The van der Waals surface area contributed by atoms with E-state index in [0.717, 1.165) is 51.4 Å². The fraction of sp³-hybridized carbons (Fsp3) is 1.00. The molecule has 0 aromatic carbocycles. The molecule has 2 saturated carbocycles. The third-order valence-corrected chi connectivity index (χ3v) is 6.46. The molecule has 2 aliphatic carbocycles. The van der Waals surface area contributed by atoms with Crippen molar-refractivity contribution in [3.05, 3.63) is 0 Å². The Hall–Kier alpha value is -0.240. The molecule has 3 heterocycles. The van der Waals surface area contributed by atoms with Gasteiger partial charge in [-0.25, -0.2) is 0 Å². The molecule has 0 radical (unpaired) electrons. The Kier molecular flexibility index (Phi) is 3.75. The van der Waals surface area contributed by atoms with Gasteiger partial charge in [-0.1, -0.05) is 12.8 Å². The van der Waals surface area contributed by atoms with Crippen molar-refractivity contribution in [2.24, 2.45) is 0 Å². The number of aliphatic hydroxyl groups excluding tert-OH is 1. The summed E-state index contributed by atoms with van der Waals surface area (Å²) in [5, 5.41) is 11.0. The van der Waals surface area contributed by atoms with Crippen molar-refractivity contribution >= 4 is 0 Å². The Balaban J connectivity index is 1.34. The molecule has 136 valence electrons. The second-order valence-corrected chi connectivity index (χ2v) is 8.14. The van der Waals surface area contributed by atoms with Crippen molar-refractivity contribution in [1.29, 1.82) is 0 Å². The lowest BCUT2D eigenvalue weighted by Gasteiger charge is -2.42. The van der Waals surface area contributed by atoms with Gasteiger partial charge in [-0.15, -0.1) is 0 Å². The Morgan fingerprint density at radius 1 is 0.750 bits per heavy atom. The molecule has 0 bridgehead atoms. The minimum atomic E-state index is -1.10. The van der Waals surface area contributed by atoms with Crippen LogP contribution in [0.25, 0.3) is 0 Å². The van der Waals surface area contributed by atoms with Crippen LogP contribution in [0.4, 0.5) is 0 Å². The van der Waals surface area contributed by atoms with E-state index in [1.54, 1.807) is 0 Å². The number of hydrogen-bond acceptors (Lipinski definition) is 6. The third kappa shape index (κ3) is 2.38. The summed E-state index contributed by atoms with van der Waals surface area (Å²) in [5.74, 6) is -2.19. The summed E-state index contributed by atoms with van der Waals surface area (Å²) >= 11 is 0. The zero-order chi connectivity index (χ0) is 16.3. The molecule has 0 aromatic rings. The average Bonchev–Trinajstić information content (AvgIpc) is 3.13. The van der Waals surface area contributed by atoms with Gasteiger partial charge in [0, 0.05) is 25.7 Å². The van der Waals surface area contributed by atoms with Crippen molar-refractivity contribution in [2.45, 2.75) is 99.9 Å². The first kappa shape index (κ1) is 16.0. The molecule has 3 saturated heterocycles. The van der Waals surface area contributed by atoms with E-state index in [9.17, 15) is 5.11 Å². The lowest BCUT2D eigenvalue weighted by atomic mass is 9.93. The zero-order valence-corrected chi connectivity index (χ0v) is 14.2. The number of ether oxygens (including phenoxy) is 5. The van der Waals surface area contributed by atoms with Gasteiger partial charge < -0.3 is 28.8 Å². The molecule has 0 unspecified atom stereocenters. The van der Waals surface area contributed by atoms with Gasteiger partial charge in [0.1, 0.15) is 24.9 Å².